The SMILES string of the molecule is CCCCCCCCCCCCc1[c]sc(-c2ccccc2)c1. The highest BCUT2D eigenvalue weighted by Gasteiger charge is 2.02. The molecule has 1 aromatic heterocycles. The fraction of sp³-hybridized carbons (Fsp3) is 0.545. The zero-order valence-corrected chi connectivity index (χ0v) is 15.5. The Morgan fingerprint density at radius 2 is 1.39 bits per heavy atom. The molecule has 2 rings (SSSR count). The molecule has 0 aliphatic heterocycles. The summed E-state index contributed by atoms with van der Waals surface area (Å²) in [6.07, 6.45) is 15.3. The van der Waals surface area contributed by atoms with Crippen LogP contribution in [0.1, 0.15) is 76.7 Å². The van der Waals surface area contributed by atoms with Crippen molar-refractivity contribution in [2.24, 2.45) is 0 Å². The van der Waals surface area contributed by atoms with E-state index in [0.717, 1.165) is 0 Å². The smallest absolute Gasteiger partial charge is 0.0484 e. The molecule has 0 spiro atoms. The third-order valence-corrected chi connectivity index (χ3v) is 5.39. The van der Waals surface area contributed by atoms with Crippen molar-refractivity contribution in [2.45, 2.75) is 77.6 Å². The van der Waals surface area contributed by atoms with Crippen LogP contribution in [0.2, 0.25) is 0 Å². The number of unbranched alkanes of at least 4 members (excludes halogenated alkanes) is 9. The quantitative estimate of drug-likeness (QED) is 0.351. The lowest BCUT2D eigenvalue weighted by Gasteiger charge is -2.02. The van der Waals surface area contributed by atoms with Crippen molar-refractivity contribution in [3.8, 4) is 10.4 Å². The van der Waals surface area contributed by atoms with Gasteiger partial charge < -0.3 is 0 Å². The molecule has 0 bridgehead atoms. The third-order valence-electron chi connectivity index (χ3n) is 4.46. The van der Waals surface area contributed by atoms with Gasteiger partial charge in [-0.2, -0.15) is 0 Å². The molecule has 1 radical (unpaired) electrons. The van der Waals surface area contributed by atoms with E-state index >= 15 is 0 Å². The van der Waals surface area contributed by atoms with E-state index in [4.69, 9.17) is 0 Å². The second-order valence-corrected chi connectivity index (χ2v) is 7.38. The highest BCUT2D eigenvalue weighted by atomic mass is 32.1. The van der Waals surface area contributed by atoms with Gasteiger partial charge in [0.15, 0.2) is 0 Å². The Kier molecular flexibility index (Phi) is 9.09. The normalized spacial score (nSPS) is 11.0. The van der Waals surface area contributed by atoms with Gasteiger partial charge >= 0.3 is 0 Å². The van der Waals surface area contributed by atoms with Gasteiger partial charge in [-0.25, -0.2) is 0 Å². The number of hydrogen-bond acceptors (Lipinski definition) is 1. The van der Waals surface area contributed by atoms with Gasteiger partial charge in [0.25, 0.3) is 0 Å². The van der Waals surface area contributed by atoms with Crippen LogP contribution in [0.25, 0.3) is 10.4 Å². The van der Waals surface area contributed by atoms with Crippen LogP contribution in [-0.4, -0.2) is 0 Å². The van der Waals surface area contributed by atoms with E-state index in [1.165, 1.54) is 86.6 Å². The van der Waals surface area contributed by atoms with E-state index in [-0.39, 0.29) is 0 Å². The fourth-order valence-electron chi connectivity index (χ4n) is 3.01. The molecule has 2 aromatic rings. The van der Waals surface area contributed by atoms with Crippen molar-refractivity contribution in [3.05, 3.63) is 47.3 Å². The molecule has 23 heavy (non-hydrogen) atoms. The van der Waals surface area contributed by atoms with E-state index in [9.17, 15) is 0 Å². The van der Waals surface area contributed by atoms with Crippen molar-refractivity contribution < 1.29 is 0 Å². The van der Waals surface area contributed by atoms with Crippen LogP contribution >= 0.6 is 11.3 Å². The summed E-state index contributed by atoms with van der Waals surface area (Å²) in [5.74, 6) is 0. The standard InChI is InChI=1S/C22H31S/c1-2-3-4-5-6-7-8-9-10-12-15-20-18-22(23-19-20)21-16-13-11-14-17-21/h11,13-14,16-18H,2-10,12,15H2,1H3. The van der Waals surface area contributed by atoms with E-state index in [1.54, 1.807) is 11.3 Å². The van der Waals surface area contributed by atoms with Gasteiger partial charge in [0, 0.05) is 10.3 Å². The van der Waals surface area contributed by atoms with Crippen molar-refractivity contribution in [1.82, 2.24) is 0 Å². The first-order chi connectivity index (χ1) is 11.4. The highest BCUT2D eigenvalue weighted by molar-refractivity contribution is 7.13. The second-order valence-electron chi connectivity index (χ2n) is 6.54. The average Bonchev–Trinajstić information content (AvgIpc) is 3.06. The van der Waals surface area contributed by atoms with Crippen LogP contribution in [0.15, 0.2) is 36.4 Å². The van der Waals surface area contributed by atoms with Gasteiger partial charge in [-0.3, -0.25) is 0 Å². The molecule has 0 saturated carbocycles. The molecule has 0 atom stereocenters. The molecule has 0 amide bonds. The Balaban J connectivity index is 1.53. The molecular weight excluding hydrogens is 296 g/mol. The number of benzene rings is 1. The Morgan fingerprint density at radius 3 is 2.04 bits per heavy atom. The highest BCUT2D eigenvalue weighted by Crippen LogP contribution is 2.27. The predicted octanol–water partition coefficient (Wildman–Crippen LogP) is 7.68. The molecule has 0 fully saturated rings. The second kappa shape index (κ2) is 11.5. The van der Waals surface area contributed by atoms with Crippen LogP contribution in [0.5, 0.6) is 0 Å². The largest absolute Gasteiger partial charge is 0.134 e. The zero-order chi connectivity index (χ0) is 16.2. The van der Waals surface area contributed by atoms with Crippen LogP contribution in [0, 0.1) is 5.38 Å². The fourth-order valence-corrected chi connectivity index (χ4v) is 3.87. The Bertz CT molecular complexity index is 512. The molecule has 1 aromatic carbocycles. The maximum atomic E-state index is 3.48. The monoisotopic (exact) mass is 327 g/mol. The summed E-state index contributed by atoms with van der Waals surface area (Å²) in [4.78, 5) is 1.35. The number of aryl methyl sites for hydroxylation is 1. The van der Waals surface area contributed by atoms with Gasteiger partial charge in [-0.15, -0.1) is 11.3 Å². The summed E-state index contributed by atoms with van der Waals surface area (Å²) in [5, 5.41) is 3.48. The van der Waals surface area contributed by atoms with E-state index < -0.39 is 0 Å². The van der Waals surface area contributed by atoms with Gasteiger partial charge in [0.2, 0.25) is 0 Å². The third kappa shape index (κ3) is 7.35. The van der Waals surface area contributed by atoms with Gasteiger partial charge in [0.1, 0.15) is 0 Å². The molecule has 0 saturated heterocycles. The summed E-state index contributed by atoms with van der Waals surface area (Å²) < 4.78 is 0. The number of rotatable bonds is 12. The summed E-state index contributed by atoms with van der Waals surface area (Å²) in [6, 6.07) is 13.0. The van der Waals surface area contributed by atoms with E-state index in [0.29, 0.717) is 0 Å². The van der Waals surface area contributed by atoms with Crippen molar-refractivity contribution in [1.29, 1.82) is 0 Å². The first-order valence-electron chi connectivity index (χ1n) is 9.46. The molecule has 0 aliphatic carbocycles. The van der Waals surface area contributed by atoms with Crippen molar-refractivity contribution in [2.75, 3.05) is 0 Å². The van der Waals surface area contributed by atoms with Crippen molar-refractivity contribution in [3.63, 3.8) is 0 Å². The number of hydrogen-bond donors (Lipinski definition) is 0. The van der Waals surface area contributed by atoms with E-state index in [1.807, 2.05) is 0 Å². The topological polar surface area (TPSA) is 0 Å². The van der Waals surface area contributed by atoms with E-state index in [2.05, 4.69) is 48.7 Å². The Hall–Kier alpha value is -1.08. The maximum absolute atomic E-state index is 3.48. The Morgan fingerprint density at radius 1 is 0.783 bits per heavy atom. The maximum Gasteiger partial charge on any atom is 0.0484 e. The van der Waals surface area contributed by atoms with Crippen molar-refractivity contribution >= 4 is 11.3 Å². The average molecular weight is 328 g/mol. The van der Waals surface area contributed by atoms with Gasteiger partial charge in [0.05, 0.1) is 0 Å². The molecule has 0 N–H and O–H groups in total. The lowest BCUT2D eigenvalue weighted by atomic mass is 10.0. The first-order valence-corrected chi connectivity index (χ1v) is 10.3. The summed E-state index contributed by atoms with van der Waals surface area (Å²) in [7, 11) is 0. The summed E-state index contributed by atoms with van der Waals surface area (Å²) in [6.45, 7) is 2.29. The first kappa shape index (κ1) is 18.3. The molecule has 1 heterocycles. The zero-order valence-electron chi connectivity index (χ0n) is 14.7. The molecule has 125 valence electrons. The summed E-state index contributed by atoms with van der Waals surface area (Å²) in [5.41, 5.74) is 2.72. The lowest BCUT2D eigenvalue weighted by Crippen LogP contribution is -1.85. The summed E-state index contributed by atoms with van der Waals surface area (Å²) >= 11 is 1.76. The lowest BCUT2D eigenvalue weighted by molar-refractivity contribution is 0.556. The van der Waals surface area contributed by atoms with Crippen LogP contribution < -0.4 is 0 Å². The minimum atomic E-state index is 1.19. The van der Waals surface area contributed by atoms with Gasteiger partial charge in [-0.05, 0) is 30.0 Å². The van der Waals surface area contributed by atoms with Crippen LogP contribution in [0.3, 0.4) is 0 Å². The number of thiophene rings is 1. The van der Waals surface area contributed by atoms with Gasteiger partial charge in [-0.1, -0.05) is 95.0 Å². The molecular formula is C22H31S. The van der Waals surface area contributed by atoms with Crippen LogP contribution in [-0.2, 0) is 6.42 Å². The predicted molar refractivity (Wildman–Crippen MR) is 104 cm³/mol. The minimum Gasteiger partial charge on any atom is -0.134 e. The molecule has 1 heteroatoms. The van der Waals surface area contributed by atoms with Crippen LogP contribution in [0.4, 0.5) is 0 Å². The molecule has 0 aliphatic rings. The molecule has 0 unspecified atom stereocenters. The molecule has 0 nitrogen and oxygen atoms in total. The minimum absolute atomic E-state index is 1.19. The Labute approximate surface area is 147 Å².